The number of furan rings is 2. The number of nitrogens with one attached hydrogen (secondary N) is 1. The van der Waals surface area contributed by atoms with Gasteiger partial charge in [0.1, 0.15) is 5.76 Å². The lowest BCUT2D eigenvalue weighted by Crippen LogP contribution is -2.43. The molecule has 0 aliphatic carbocycles. The van der Waals surface area contributed by atoms with Gasteiger partial charge in [0.2, 0.25) is 0 Å². The van der Waals surface area contributed by atoms with Crippen LogP contribution in [0, 0.1) is 0 Å². The van der Waals surface area contributed by atoms with E-state index in [-0.39, 0.29) is 11.9 Å². The molecule has 6 heteroatoms. The number of amides is 1. The van der Waals surface area contributed by atoms with Crippen LogP contribution in [0.5, 0.6) is 0 Å². The van der Waals surface area contributed by atoms with Crippen LogP contribution < -0.4 is 5.32 Å². The van der Waals surface area contributed by atoms with Gasteiger partial charge in [0.25, 0.3) is 5.91 Å². The zero-order valence-electron chi connectivity index (χ0n) is 11.7. The summed E-state index contributed by atoms with van der Waals surface area (Å²) in [5, 5.41) is 2.90. The first-order chi connectivity index (χ1) is 10.3. The quantitative estimate of drug-likeness (QED) is 0.907. The normalized spacial score (nSPS) is 17.5. The number of hydrogen-bond acceptors (Lipinski definition) is 5. The maximum Gasteiger partial charge on any atom is 0.287 e. The molecular weight excluding hydrogens is 272 g/mol. The third-order valence-electron chi connectivity index (χ3n) is 3.56. The van der Waals surface area contributed by atoms with Crippen LogP contribution >= 0.6 is 0 Å². The summed E-state index contributed by atoms with van der Waals surface area (Å²) in [6, 6.07) is 7.13. The Kier molecular flexibility index (Phi) is 4.37. The maximum atomic E-state index is 12.0. The summed E-state index contributed by atoms with van der Waals surface area (Å²) in [6.07, 6.45) is 3.14. The second-order valence-electron chi connectivity index (χ2n) is 4.87. The van der Waals surface area contributed by atoms with E-state index in [4.69, 9.17) is 13.6 Å². The van der Waals surface area contributed by atoms with E-state index in [2.05, 4.69) is 10.2 Å². The number of rotatable bonds is 5. The minimum absolute atomic E-state index is 0.00260. The lowest BCUT2D eigenvalue weighted by molar-refractivity contribution is 0.0117. The van der Waals surface area contributed by atoms with Gasteiger partial charge in [-0.15, -0.1) is 0 Å². The molecule has 1 saturated heterocycles. The number of ether oxygens (including phenoxy) is 1. The molecule has 0 bridgehead atoms. The van der Waals surface area contributed by atoms with Crippen molar-refractivity contribution >= 4 is 5.91 Å². The van der Waals surface area contributed by atoms with Crippen LogP contribution in [0.2, 0.25) is 0 Å². The van der Waals surface area contributed by atoms with Gasteiger partial charge >= 0.3 is 0 Å². The Balaban J connectivity index is 1.66. The van der Waals surface area contributed by atoms with Crippen LogP contribution in [-0.4, -0.2) is 43.7 Å². The molecule has 3 heterocycles. The minimum atomic E-state index is -0.218. The highest BCUT2D eigenvalue weighted by atomic mass is 16.5. The Hall–Kier alpha value is -2.05. The molecule has 1 amide bonds. The molecule has 1 aliphatic heterocycles. The second kappa shape index (κ2) is 6.60. The highest BCUT2D eigenvalue weighted by Gasteiger charge is 2.25. The lowest BCUT2D eigenvalue weighted by atomic mass is 10.1. The van der Waals surface area contributed by atoms with Crippen molar-refractivity contribution < 1.29 is 18.4 Å². The molecule has 21 heavy (non-hydrogen) atoms. The second-order valence-corrected chi connectivity index (χ2v) is 4.87. The molecule has 1 N–H and O–H groups in total. The van der Waals surface area contributed by atoms with Crippen LogP contribution in [-0.2, 0) is 4.74 Å². The van der Waals surface area contributed by atoms with E-state index in [1.54, 1.807) is 18.4 Å². The molecule has 1 fully saturated rings. The summed E-state index contributed by atoms with van der Waals surface area (Å²) in [7, 11) is 0. The summed E-state index contributed by atoms with van der Waals surface area (Å²) in [4.78, 5) is 14.2. The summed E-state index contributed by atoms with van der Waals surface area (Å²) in [5.74, 6) is 0.941. The van der Waals surface area contributed by atoms with Gasteiger partial charge < -0.3 is 18.9 Å². The van der Waals surface area contributed by atoms with Crippen molar-refractivity contribution in [1.29, 1.82) is 0 Å². The zero-order chi connectivity index (χ0) is 14.5. The van der Waals surface area contributed by atoms with E-state index >= 15 is 0 Å². The minimum Gasteiger partial charge on any atom is -0.468 e. The third-order valence-corrected chi connectivity index (χ3v) is 3.56. The molecule has 6 nitrogen and oxygen atoms in total. The maximum absolute atomic E-state index is 12.0. The van der Waals surface area contributed by atoms with Crippen molar-refractivity contribution in [2.75, 3.05) is 32.8 Å². The van der Waals surface area contributed by atoms with Crippen molar-refractivity contribution in [3.05, 3.63) is 48.3 Å². The monoisotopic (exact) mass is 290 g/mol. The molecule has 1 aliphatic rings. The Morgan fingerprint density at radius 1 is 1.19 bits per heavy atom. The first kappa shape index (κ1) is 13.9. The first-order valence-corrected chi connectivity index (χ1v) is 7.01. The van der Waals surface area contributed by atoms with Gasteiger partial charge in [-0.1, -0.05) is 0 Å². The molecule has 1 unspecified atom stereocenters. The van der Waals surface area contributed by atoms with Crippen LogP contribution in [0.25, 0.3) is 0 Å². The molecule has 3 rings (SSSR count). The largest absolute Gasteiger partial charge is 0.468 e. The van der Waals surface area contributed by atoms with Crippen LogP contribution in [0.4, 0.5) is 0 Å². The number of nitrogens with zero attached hydrogens (tertiary/aromatic N) is 1. The van der Waals surface area contributed by atoms with E-state index in [9.17, 15) is 4.79 Å². The Morgan fingerprint density at radius 3 is 2.62 bits per heavy atom. The van der Waals surface area contributed by atoms with Gasteiger partial charge in [-0.05, 0) is 24.3 Å². The van der Waals surface area contributed by atoms with E-state index in [1.807, 2.05) is 12.1 Å². The summed E-state index contributed by atoms with van der Waals surface area (Å²) >= 11 is 0. The van der Waals surface area contributed by atoms with E-state index < -0.39 is 0 Å². The Morgan fingerprint density at radius 2 is 1.95 bits per heavy atom. The topological polar surface area (TPSA) is 67.9 Å². The summed E-state index contributed by atoms with van der Waals surface area (Å²) in [6.45, 7) is 3.50. The average molecular weight is 290 g/mol. The number of hydrogen-bond donors (Lipinski definition) is 1. The van der Waals surface area contributed by atoms with Gasteiger partial charge in [0.15, 0.2) is 5.76 Å². The van der Waals surface area contributed by atoms with Crippen molar-refractivity contribution in [2.24, 2.45) is 0 Å². The fraction of sp³-hybridized carbons (Fsp3) is 0.400. The van der Waals surface area contributed by atoms with Crippen molar-refractivity contribution in [2.45, 2.75) is 6.04 Å². The third kappa shape index (κ3) is 3.34. The molecule has 0 aromatic carbocycles. The molecular formula is C15H18N2O4. The van der Waals surface area contributed by atoms with Crippen molar-refractivity contribution in [3.8, 4) is 0 Å². The van der Waals surface area contributed by atoms with Crippen LogP contribution in [0.3, 0.4) is 0 Å². The average Bonchev–Trinajstić information content (AvgIpc) is 3.22. The fourth-order valence-electron chi connectivity index (χ4n) is 2.46. The van der Waals surface area contributed by atoms with Crippen LogP contribution in [0.15, 0.2) is 45.6 Å². The highest BCUT2D eigenvalue weighted by molar-refractivity contribution is 5.91. The Bertz CT molecular complexity index is 544. The smallest absolute Gasteiger partial charge is 0.287 e. The lowest BCUT2D eigenvalue weighted by Gasteiger charge is -2.33. The Labute approximate surface area is 122 Å². The first-order valence-electron chi connectivity index (χ1n) is 7.01. The molecule has 0 spiro atoms. The van der Waals surface area contributed by atoms with Gasteiger partial charge in [-0.3, -0.25) is 9.69 Å². The SMILES string of the molecule is O=C(NCC(c1ccco1)N1CCOCC1)c1ccco1. The van der Waals surface area contributed by atoms with Gasteiger partial charge in [0, 0.05) is 19.6 Å². The zero-order valence-corrected chi connectivity index (χ0v) is 11.7. The van der Waals surface area contributed by atoms with Crippen LogP contribution in [0.1, 0.15) is 22.4 Å². The van der Waals surface area contributed by atoms with Gasteiger partial charge in [-0.25, -0.2) is 0 Å². The molecule has 112 valence electrons. The van der Waals surface area contributed by atoms with Crippen molar-refractivity contribution in [1.82, 2.24) is 10.2 Å². The van der Waals surface area contributed by atoms with E-state index in [1.165, 1.54) is 6.26 Å². The predicted molar refractivity (Wildman–Crippen MR) is 74.9 cm³/mol. The summed E-state index contributed by atoms with van der Waals surface area (Å²) in [5.41, 5.74) is 0. The number of carbonyl (C=O) groups is 1. The number of carbonyl (C=O) groups excluding carboxylic acids is 1. The number of morpholine rings is 1. The summed E-state index contributed by atoms with van der Waals surface area (Å²) < 4.78 is 16.0. The molecule has 1 atom stereocenters. The predicted octanol–water partition coefficient (Wildman–Crippen LogP) is 1.68. The molecule has 0 saturated carbocycles. The van der Waals surface area contributed by atoms with E-state index in [0.29, 0.717) is 25.5 Å². The highest BCUT2D eigenvalue weighted by Crippen LogP contribution is 2.21. The molecule has 0 radical (unpaired) electrons. The molecule has 2 aromatic rings. The van der Waals surface area contributed by atoms with Gasteiger partial charge in [0.05, 0.1) is 31.8 Å². The molecule has 2 aromatic heterocycles. The fourth-order valence-corrected chi connectivity index (χ4v) is 2.46. The van der Waals surface area contributed by atoms with Gasteiger partial charge in [-0.2, -0.15) is 0 Å². The standard InChI is InChI=1S/C15H18N2O4/c18-15(14-4-2-8-21-14)16-11-12(13-3-1-7-20-13)17-5-9-19-10-6-17/h1-4,7-8,12H,5-6,9-11H2,(H,16,18). The van der Waals surface area contributed by atoms with Crippen molar-refractivity contribution in [3.63, 3.8) is 0 Å². The van der Waals surface area contributed by atoms with E-state index in [0.717, 1.165) is 18.8 Å².